The van der Waals surface area contributed by atoms with Crippen LogP contribution in [0.25, 0.3) is 0 Å². The van der Waals surface area contributed by atoms with E-state index in [0.717, 1.165) is 31.7 Å². The van der Waals surface area contributed by atoms with Crippen molar-refractivity contribution in [2.24, 2.45) is 0 Å². The number of unbranched alkanes of at least 4 members (excludes halogenated alkanes) is 3. The highest BCUT2D eigenvalue weighted by molar-refractivity contribution is 5.33. The lowest BCUT2D eigenvalue weighted by Gasteiger charge is -2.20. The molecule has 0 spiro atoms. The van der Waals surface area contributed by atoms with Crippen LogP contribution in [0.5, 0.6) is 5.75 Å². The molecule has 0 amide bonds. The van der Waals surface area contributed by atoms with Gasteiger partial charge in [-0.15, -0.1) is 0 Å². The van der Waals surface area contributed by atoms with Crippen LogP contribution in [0.15, 0.2) is 24.3 Å². The number of benzene rings is 1. The summed E-state index contributed by atoms with van der Waals surface area (Å²) in [5.74, 6) is 1.06. The molecule has 0 aliphatic heterocycles. The Morgan fingerprint density at radius 1 is 1.00 bits per heavy atom. The Balaban J connectivity index is 2.05. The molecule has 0 saturated heterocycles. The van der Waals surface area contributed by atoms with Crippen molar-refractivity contribution in [3.63, 3.8) is 0 Å². The first-order valence-electron chi connectivity index (χ1n) is 7.98. The normalized spacial score (nSPS) is 11.6. The highest BCUT2D eigenvalue weighted by Crippen LogP contribution is 2.18. The highest BCUT2D eigenvalue weighted by atomic mass is 16.5. The average molecular weight is 277 g/mol. The molecule has 0 heterocycles. The van der Waals surface area contributed by atoms with Crippen LogP contribution in [0.1, 0.15) is 58.9 Å². The highest BCUT2D eigenvalue weighted by Gasteiger charge is 2.06. The van der Waals surface area contributed by atoms with Crippen LogP contribution >= 0.6 is 0 Å². The minimum Gasteiger partial charge on any atom is -0.493 e. The molecular weight excluding hydrogens is 246 g/mol. The zero-order valence-electron chi connectivity index (χ0n) is 13.7. The third kappa shape index (κ3) is 7.54. The second kappa shape index (κ2) is 9.02. The summed E-state index contributed by atoms with van der Waals surface area (Å²) in [7, 11) is 0. The molecule has 2 nitrogen and oxygen atoms in total. The number of hydrogen-bond acceptors (Lipinski definition) is 2. The maximum atomic E-state index is 5.87. The van der Waals surface area contributed by atoms with Gasteiger partial charge in [-0.2, -0.15) is 0 Å². The smallest absolute Gasteiger partial charge is 0.122 e. The van der Waals surface area contributed by atoms with E-state index in [4.69, 9.17) is 4.74 Å². The monoisotopic (exact) mass is 277 g/mol. The van der Waals surface area contributed by atoms with Gasteiger partial charge in [-0.1, -0.05) is 38.0 Å². The molecule has 0 bridgehead atoms. The molecule has 114 valence electrons. The number of rotatable bonds is 9. The number of aryl methyl sites for hydroxylation is 1. The fourth-order valence-corrected chi connectivity index (χ4v) is 2.16. The Bertz CT molecular complexity index is 368. The summed E-state index contributed by atoms with van der Waals surface area (Å²) in [6, 6.07) is 8.35. The SMILES string of the molecule is CCc1ccccc1OCCCCCCNC(C)(C)C. The Hall–Kier alpha value is -1.02. The lowest BCUT2D eigenvalue weighted by Crippen LogP contribution is -2.36. The third-order valence-electron chi connectivity index (χ3n) is 3.34. The lowest BCUT2D eigenvalue weighted by molar-refractivity contribution is 0.301. The maximum Gasteiger partial charge on any atom is 0.122 e. The molecule has 0 fully saturated rings. The first-order chi connectivity index (χ1) is 9.53. The van der Waals surface area contributed by atoms with Crippen molar-refractivity contribution in [3.8, 4) is 5.75 Å². The van der Waals surface area contributed by atoms with Crippen LogP contribution in [-0.4, -0.2) is 18.7 Å². The van der Waals surface area contributed by atoms with Gasteiger partial charge in [0.25, 0.3) is 0 Å². The molecule has 0 saturated carbocycles. The Morgan fingerprint density at radius 2 is 1.70 bits per heavy atom. The summed E-state index contributed by atoms with van der Waals surface area (Å²) in [5, 5.41) is 3.52. The Kier molecular flexibility index (Phi) is 7.68. The predicted molar refractivity (Wildman–Crippen MR) is 87.5 cm³/mol. The standard InChI is InChI=1S/C18H31NO/c1-5-16-12-8-9-13-17(16)20-15-11-7-6-10-14-19-18(2,3)4/h8-9,12-13,19H,5-7,10-11,14-15H2,1-4H3. The summed E-state index contributed by atoms with van der Waals surface area (Å²) >= 11 is 0. The average Bonchev–Trinajstić information content (AvgIpc) is 2.41. The first-order valence-corrected chi connectivity index (χ1v) is 7.98. The van der Waals surface area contributed by atoms with Gasteiger partial charge in [-0.05, 0) is 58.2 Å². The van der Waals surface area contributed by atoms with Gasteiger partial charge in [0.05, 0.1) is 6.61 Å². The summed E-state index contributed by atoms with van der Waals surface area (Å²) in [5.41, 5.74) is 1.55. The van der Waals surface area contributed by atoms with Crippen LogP contribution in [0, 0.1) is 0 Å². The molecule has 0 unspecified atom stereocenters. The van der Waals surface area contributed by atoms with Crippen molar-refractivity contribution in [3.05, 3.63) is 29.8 Å². The van der Waals surface area contributed by atoms with Gasteiger partial charge in [0.2, 0.25) is 0 Å². The topological polar surface area (TPSA) is 21.3 Å². The van der Waals surface area contributed by atoms with Crippen LogP contribution in [-0.2, 0) is 6.42 Å². The van der Waals surface area contributed by atoms with Gasteiger partial charge in [0, 0.05) is 5.54 Å². The van der Waals surface area contributed by atoms with E-state index in [2.05, 4.69) is 51.2 Å². The molecule has 0 atom stereocenters. The Labute approximate surface area is 124 Å². The summed E-state index contributed by atoms with van der Waals surface area (Å²) < 4.78 is 5.87. The van der Waals surface area contributed by atoms with Gasteiger partial charge in [-0.25, -0.2) is 0 Å². The Morgan fingerprint density at radius 3 is 2.40 bits per heavy atom. The number of ether oxygens (including phenoxy) is 1. The minimum atomic E-state index is 0.243. The van der Waals surface area contributed by atoms with E-state index in [0.29, 0.717) is 0 Å². The van der Waals surface area contributed by atoms with Crippen molar-refractivity contribution in [2.75, 3.05) is 13.2 Å². The molecule has 1 N–H and O–H groups in total. The number of para-hydroxylation sites is 1. The van der Waals surface area contributed by atoms with E-state index in [1.807, 2.05) is 6.07 Å². The summed E-state index contributed by atoms with van der Waals surface area (Å²) in [6.45, 7) is 10.8. The maximum absolute atomic E-state index is 5.87. The molecule has 2 heteroatoms. The van der Waals surface area contributed by atoms with Crippen molar-refractivity contribution < 1.29 is 4.74 Å². The van der Waals surface area contributed by atoms with Crippen LogP contribution in [0.2, 0.25) is 0 Å². The summed E-state index contributed by atoms with van der Waals surface area (Å²) in [4.78, 5) is 0. The number of nitrogens with one attached hydrogen (secondary N) is 1. The molecule has 0 aliphatic carbocycles. The zero-order chi connectivity index (χ0) is 14.8. The van der Waals surface area contributed by atoms with Crippen LogP contribution in [0.3, 0.4) is 0 Å². The van der Waals surface area contributed by atoms with E-state index in [9.17, 15) is 0 Å². The molecule has 1 aromatic carbocycles. The molecule has 1 rings (SSSR count). The predicted octanol–water partition coefficient (Wildman–Crippen LogP) is 4.58. The van der Waals surface area contributed by atoms with E-state index < -0.39 is 0 Å². The van der Waals surface area contributed by atoms with Crippen LogP contribution in [0.4, 0.5) is 0 Å². The van der Waals surface area contributed by atoms with Gasteiger partial charge in [0.15, 0.2) is 0 Å². The van der Waals surface area contributed by atoms with Gasteiger partial charge in [-0.3, -0.25) is 0 Å². The van der Waals surface area contributed by atoms with Crippen LogP contribution < -0.4 is 10.1 Å². The number of hydrogen-bond donors (Lipinski definition) is 1. The van der Waals surface area contributed by atoms with E-state index >= 15 is 0 Å². The van der Waals surface area contributed by atoms with Crippen molar-refractivity contribution in [1.82, 2.24) is 5.32 Å². The van der Waals surface area contributed by atoms with Gasteiger partial charge >= 0.3 is 0 Å². The molecular formula is C18H31NO. The molecule has 0 radical (unpaired) electrons. The minimum absolute atomic E-state index is 0.243. The van der Waals surface area contributed by atoms with E-state index in [1.54, 1.807) is 0 Å². The zero-order valence-corrected chi connectivity index (χ0v) is 13.7. The molecule has 20 heavy (non-hydrogen) atoms. The largest absolute Gasteiger partial charge is 0.493 e. The fourth-order valence-electron chi connectivity index (χ4n) is 2.16. The van der Waals surface area contributed by atoms with E-state index in [-0.39, 0.29) is 5.54 Å². The molecule has 1 aromatic rings. The fraction of sp³-hybridized carbons (Fsp3) is 0.667. The molecule has 0 aliphatic rings. The first kappa shape index (κ1) is 17.0. The second-order valence-electron chi connectivity index (χ2n) is 6.40. The van der Waals surface area contributed by atoms with Crippen molar-refractivity contribution in [2.45, 2.75) is 65.3 Å². The lowest BCUT2D eigenvalue weighted by atomic mass is 10.1. The van der Waals surface area contributed by atoms with Gasteiger partial charge < -0.3 is 10.1 Å². The van der Waals surface area contributed by atoms with Crippen molar-refractivity contribution in [1.29, 1.82) is 0 Å². The van der Waals surface area contributed by atoms with E-state index in [1.165, 1.54) is 24.8 Å². The van der Waals surface area contributed by atoms with Gasteiger partial charge in [0.1, 0.15) is 5.75 Å². The summed E-state index contributed by atoms with van der Waals surface area (Å²) in [6.07, 6.45) is 5.97. The second-order valence-corrected chi connectivity index (χ2v) is 6.40. The van der Waals surface area contributed by atoms with Crippen molar-refractivity contribution >= 4 is 0 Å². The molecule has 0 aromatic heterocycles. The third-order valence-corrected chi connectivity index (χ3v) is 3.34. The quantitative estimate of drug-likeness (QED) is 0.667.